The quantitative estimate of drug-likeness (QED) is 0.877. The summed E-state index contributed by atoms with van der Waals surface area (Å²) >= 11 is 0. The summed E-state index contributed by atoms with van der Waals surface area (Å²) in [5.74, 6) is 0. The molecule has 0 radical (unpaired) electrons. The molecule has 0 spiro atoms. The summed E-state index contributed by atoms with van der Waals surface area (Å²) in [6, 6.07) is 4.12. The second kappa shape index (κ2) is 5.67. The van der Waals surface area contributed by atoms with Crippen molar-refractivity contribution in [1.82, 2.24) is 10.3 Å². The van der Waals surface area contributed by atoms with Crippen LogP contribution in [-0.2, 0) is 4.74 Å². The maximum atomic E-state index is 6.20. The number of hydrogen-bond acceptors (Lipinski definition) is 4. The topological polar surface area (TPSA) is 37.4 Å². The van der Waals surface area contributed by atoms with Crippen molar-refractivity contribution < 1.29 is 4.74 Å². The zero-order chi connectivity index (χ0) is 12.2. The van der Waals surface area contributed by atoms with Gasteiger partial charge in [0.2, 0.25) is 0 Å². The van der Waals surface area contributed by atoms with Crippen molar-refractivity contribution in [1.29, 1.82) is 0 Å². The third-order valence-corrected chi connectivity index (χ3v) is 3.83. The molecule has 3 rings (SSSR count). The highest BCUT2D eigenvalue weighted by Gasteiger charge is 2.26. The van der Waals surface area contributed by atoms with E-state index in [2.05, 4.69) is 21.3 Å². The van der Waals surface area contributed by atoms with Gasteiger partial charge in [0, 0.05) is 19.3 Å². The largest absolute Gasteiger partial charge is 0.373 e. The maximum Gasteiger partial charge on any atom is 0.0770 e. The second-order valence-electron chi connectivity index (χ2n) is 5.15. The minimum atomic E-state index is 0.397. The first-order valence-electron chi connectivity index (χ1n) is 6.93. The van der Waals surface area contributed by atoms with E-state index in [0.717, 1.165) is 45.4 Å². The molecule has 98 valence electrons. The van der Waals surface area contributed by atoms with Crippen molar-refractivity contribution in [2.24, 2.45) is 0 Å². The number of nitrogens with one attached hydrogen (secondary N) is 1. The van der Waals surface area contributed by atoms with E-state index in [4.69, 9.17) is 4.74 Å². The molecule has 1 unspecified atom stereocenters. The highest BCUT2D eigenvalue weighted by molar-refractivity contribution is 5.44. The van der Waals surface area contributed by atoms with Crippen molar-refractivity contribution in [3.8, 4) is 0 Å². The molecule has 2 aliphatic rings. The Morgan fingerprint density at radius 2 is 2.11 bits per heavy atom. The van der Waals surface area contributed by atoms with Gasteiger partial charge in [0.05, 0.1) is 24.1 Å². The summed E-state index contributed by atoms with van der Waals surface area (Å²) in [6.45, 7) is 4.30. The molecule has 1 N–H and O–H groups in total. The van der Waals surface area contributed by atoms with Crippen LogP contribution in [0.25, 0.3) is 0 Å². The molecule has 0 aliphatic carbocycles. The van der Waals surface area contributed by atoms with Crippen LogP contribution >= 0.6 is 0 Å². The molecule has 0 saturated carbocycles. The van der Waals surface area contributed by atoms with Gasteiger partial charge in [-0.2, -0.15) is 0 Å². The highest BCUT2D eigenvalue weighted by atomic mass is 16.5. The standard InChI is InChI=1S/C14H21N3O/c1-2-12(10-16-6-1)17-9-5-14(11-17)18-13-3-7-15-8-4-13/h1-2,6,10,13-15H,3-5,7-9,11H2. The summed E-state index contributed by atoms with van der Waals surface area (Å²) < 4.78 is 6.20. The van der Waals surface area contributed by atoms with E-state index in [1.54, 1.807) is 0 Å². The van der Waals surface area contributed by atoms with Crippen molar-refractivity contribution in [2.75, 3.05) is 31.1 Å². The molecule has 0 aromatic carbocycles. The molecule has 1 aromatic rings. The molecule has 0 bridgehead atoms. The first-order chi connectivity index (χ1) is 8.92. The first kappa shape index (κ1) is 11.9. The maximum absolute atomic E-state index is 6.20. The molecular weight excluding hydrogens is 226 g/mol. The van der Waals surface area contributed by atoms with E-state index >= 15 is 0 Å². The van der Waals surface area contributed by atoms with E-state index < -0.39 is 0 Å². The lowest BCUT2D eigenvalue weighted by atomic mass is 10.1. The summed E-state index contributed by atoms with van der Waals surface area (Å²) in [5, 5.41) is 3.38. The molecule has 0 amide bonds. The van der Waals surface area contributed by atoms with Gasteiger partial charge in [0.1, 0.15) is 0 Å². The average Bonchev–Trinajstić information content (AvgIpc) is 2.89. The molecule has 18 heavy (non-hydrogen) atoms. The molecule has 2 saturated heterocycles. The SMILES string of the molecule is c1cncc(N2CCC(OC3CCNCC3)C2)c1. The third kappa shape index (κ3) is 2.82. The average molecular weight is 247 g/mol. The zero-order valence-corrected chi connectivity index (χ0v) is 10.7. The summed E-state index contributed by atoms with van der Waals surface area (Å²) in [5.41, 5.74) is 1.22. The zero-order valence-electron chi connectivity index (χ0n) is 10.7. The lowest BCUT2D eigenvalue weighted by molar-refractivity contribution is -0.0153. The van der Waals surface area contributed by atoms with Crippen LogP contribution in [0.1, 0.15) is 19.3 Å². The number of pyridine rings is 1. The molecule has 1 aromatic heterocycles. The number of ether oxygens (including phenoxy) is 1. The van der Waals surface area contributed by atoms with Crippen LogP contribution in [0.4, 0.5) is 5.69 Å². The smallest absolute Gasteiger partial charge is 0.0770 e. The van der Waals surface area contributed by atoms with Crippen molar-refractivity contribution >= 4 is 5.69 Å². The van der Waals surface area contributed by atoms with E-state index in [0.29, 0.717) is 12.2 Å². The van der Waals surface area contributed by atoms with Gasteiger partial charge in [-0.15, -0.1) is 0 Å². The van der Waals surface area contributed by atoms with Gasteiger partial charge in [-0.05, 0) is 44.5 Å². The molecule has 4 heteroatoms. The van der Waals surface area contributed by atoms with Crippen LogP contribution < -0.4 is 10.2 Å². The Hall–Kier alpha value is -1.13. The molecule has 1 atom stereocenters. The number of anilines is 1. The number of rotatable bonds is 3. The van der Waals surface area contributed by atoms with Crippen molar-refractivity contribution in [2.45, 2.75) is 31.5 Å². The Balaban J connectivity index is 1.52. The highest BCUT2D eigenvalue weighted by Crippen LogP contribution is 2.22. The van der Waals surface area contributed by atoms with Crippen molar-refractivity contribution in [3.63, 3.8) is 0 Å². The van der Waals surface area contributed by atoms with Gasteiger partial charge in [-0.1, -0.05) is 0 Å². The normalized spacial score (nSPS) is 25.6. The van der Waals surface area contributed by atoms with E-state index in [1.807, 2.05) is 18.5 Å². The first-order valence-corrected chi connectivity index (χ1v) is 6.93. The monoisotopic (exact) mass is 247 g/mol. The summed E-state index contributed by atoms with van der Waals surface area (Å²) in [6.07, 6.45) is 8.07. The van der Waals surface area contributed by atoms with Crippen LogP contribution in [0.5, 0.6) is 0 Å². The molecule has 4 nitrogen and oxygen atoms in total. The van der Waals surface area contributed by atoms with Gasteiger partial charge < -0.3 is 15.0 Å². The number of piperidine rings is 1. The fraction of sp³-hybridized carbons (Fsp3) is 0.643. The van der Waals surface area contributed by atoms with E-state index in [1.165, 1.54) is 5.69 Å². The molecule has 3 heterocycles. The Morgan fingerprint density at radius 1 is 1.22 bits per heavy atom. The van der Waals surface area contributed by atoms with E-state index in [9.17, 15) is 0 Å². The van der Waals surface area contributed by atoms with Gasteiger partial charge in [0.25, 0.3) is 0 Å². The lowest BCUT2D eigenvalue weighted by Gasteiger charge is -2.26. The van der Waals surface area contributed by atoms with Crippen LogP contribution in [-0.4, -0.2) is 43.4 Å². The summed E-state index contributed by atoms with van der Waals surface area (Å²) in [7, 11) is 0. The Labute approximate surface area is 108 Å². The molecular formula is C14H21N3O. The van der Waals surface area contributed by atoms with Crippen LogP contribution in [0, 0.1) is 0 Å². The van der Waals surface area contributed by atoms with Gasteiger partial charge in [-0.3, -0.25) is 4.98 Å². The Kier molecular flexibility index (Phi) is 3.76. The fourth-order valence-electron chi connectivity index (χ4n) is 2.82. The number of nitrogens with zero attached hydrogens (tertiary/aromatic N) is 2. The predicted octanol–water partition coefficient (Wildman–Crippen LogP) is 1.43. The fourth-order valence-corrected chi connectivity index (χ4v) is 2.82. The predicted molar refractivity (Wildman–Crippen MR) is 71.8 cm³/mol. The van der Waals surface area contributed by atoms with Crippen LogP contribution in [0.2, 0.25) is 0 Å². The minimum absolute atomic E-state index is 0.397. The number of hydrogen-bond donors (Lipinski definition) is 1. The molecule has 2 aliphatic heterocycles. The van der Waals surface area contributed by atoms with Crippen molar-refractivity contribution in [3.05, 3.63) is 24.5 Å². The second-order valence-corrected chi connectivity index (χ2v) is 5.15. The lowest BCUT2D eigenvalue weighted by Crippen LogP contribution is -2.35. The Bertz CT molecular complexity index is 365. The van der Waals surface area contributed by atoms with E-state index in [-0.39, 0.29) is 0 Å². The minimum Gasteiger partial charge on any atom is -0.373 e. The Morgan fingerprint density at radius 3 is 2.89 bits per heavy atom. The van der Waals surface area contributed by atoms with Gasteiger partial charge >= 0.3 is 0 Å². The van der Waals surface area contributed by atoms with Crippen LogP contribution in [0.15, 0.2) is 24.5 Å². The van der Waals surface area contributed by atoms with Crippen LogP contribution in [0.3, 0.4) is 0 Å². The summed E-state index contributed by atoms with van der Waals surface area (Å²) in [4.78, 5) is 6.55. The number of aromatic nitrogens is 1. The van der Waals surface area contributed by atoms with Gasteiger partial charge in [-0.25, -0.2) is 0 Å². The van der Waals surface area contributed by atoms with Gasteiger partial charge in [0.15, 0.2) is 0 Å². The third-order valence-electron chi connectivity index (χ3n) is 3.83. The molecule has 2 fully saturated rings.